The molecular formula is C13H16N2O. The molecule has 0 bridgehead atoms. The number of hydrogen-bond acceptors (Lipinski definition) is 3. The van der Waals surface area contributed by atoms with E-state index in [0.29, 0.717) is 6.54 Å². The maximum absolute atomic E-state index is 5.60. The first-order chi connectivity index (χ1) is 7.76. The van der Waals surface area contributed by atoms with Gasteiger partial charge < -0.3 is 10.5 Å². The standard InChI is InChI=1S/C13H16N2O/c1-9-8-12(16-2)11-5-3-4-10(6-7-14)13(11)15-9/h3-5,8H,6-7,14H2,1-2H3. The number of aromatic nitrogens is 1. The van der Waals surface area contributed by atoms with Crippen molar-refractivity contribution in [3.63, 3.8) is 0 Å². The molecule has 1 heterocycles. The zero-order chi connectivity index (χ0) is 11.5. The van der Waals surface area contributed by atoms with Gasteiger partial charge in [-0.1, -0.05) is 12.1 Å². The molecule has 3 nitrogen and oxygen atoms in total. The van der Waals surface area contributed by atoms with Crippen LogP contribution in [0.2, 0.25) is 0 Å². The average Bonchev–Trinajstić information content (AvgIpc) is 2.29. The number of methoxy groups -OCH3 is 1. The number of rotatable bonds is 3. The number of fused-ring (bicyclic) bond motifs is 1. The van der Waals surface area contributed by atoms with Crippen molar-refractivity contribution in [3.05, 3.63) is 35.5 Å². The van der Waals surface area contributed by atoms with E-state index in [1.54, 1.807) is 7.11 Å². The third kappa shape index (κ3) is 1.86. The molecule has 3 heteroatoms. The normalized spacial score (nSPS) is 10.7. The first-order valence-electron chi connectivity index (χ1n) is 5.39. The molecule has 84 valence electrons. The molecule has 0 radical (unpaired) electrons. The van der Waals surface area contributed by atoms with Gasteiger partial charge >= 0.3 is 0 Å². The molecule has 1 aromatic heterocycles. The van der Waals surface area contributed by atoms with Crippen LogP contribution in [0, 0.1) is 6.92 Å². The van der Waals surface area contributed by atoms with Gasteiger partial charge in [-0.2, -0.15) is 0 Å². The minimum absolute atomic E-state index is 0.636. The Balaban J connectivity index is 2.71. The number of pyridine rings is 1. The van der Waals surface area contributed by atoms with E-state index in [2.05, 4.69) is 11.1 Å². The third-order valence-electron chi connectivity index (χ3n) is 2.65. The van der Waals surface area contributed by atoms with Crippen LogP contribution in [0.15, 0.2) is 24.3 Å². The summed E-state index contributed by atoms with van der Waals surface area (Å²) in [5.74, 6) is 0.876. The van der Waals surface area contributed by atoms with Crippen molar-refractivity contribution in [3.8, 4) is 5.75 Å². The fourth-order valence-corrected chi connectivity index (χ4v) is 1.92. The zero-order valence-corrected chi connectivity index (χ0v) is 9.66. The molecule has 0 fully saturated rings. The lowest BCUT2D eigenvalue weighted by Gasteiger charge is -2.09. The number of aryl methyl sites for hydroxylation is 1. The Morgan fingerprint density at radius 3 is 2.88 bits per heavy atom. The Bertz CT molecular complexity index is 509. The predicted octanol–water partition coefficient (Wildman–Crippen LogP) is 2.05. The van der Waals surface area contributed by atoms with Crippen molar-refractivity contribution in [2.75, 3.05) is 13.7 Å². The van der Waals surface area contributed by atoms with Crippen LogP contribution < -0.4 is 10.5 Å². The summed E-state index contributed by atoms with van der Waals surface area (Å²) in [6, 6.07) is 8.07. The predicted molar refractivity (Wildman–Crippen MR) is 65.8 cm³/mol. The van der Waals surface area contributed by atoms with E-state index >= 15 is 0 Å². The van der Waals surface area contributed by atoms with E-state index in [0.717, 1.165) is 28.8 Å². The van der Waals surface area contributed by atoms with E-state index in [1.807, 2.05) is 25.1 Å². The fourth-order valence-electron chi connectivity index (χ4n) is 1.92. The maximum Gasteiger partial charge on any atom is 0.130 e. The van der Waals surface area contributed by atoms with Crippen molar-refractivity contribution in [2.24, 2.45) is 5.73 Å². The first-order valence-corrected chi connectivity index (χ1v) is 5.39. The SMILES string of the molecule is COc1cc(C)nc2c(CCN)cccc12. The lowest BCUT2D eigenvalue weighted by atomic mass is 10.1. The van der Waals surface area contributed by atoms with Crippen LogP contribution in [0.3, 0.4) is 0 Å². The van der Waals surface area contributed by atoms with Crippen molar-refractivity contribution < 1.29 is 4.74 Å². The number of nitrogens with zero attached hydrogens (tertiary/aromatic N) is 1. The van der Waals surface area contributed by atoms with E-state index < -0.39 is 0 Å². The molecule has 1 aromatic carbocycles. The van der Waals surface area contributed by atoms with Crippen LogP contribution in [-0.2, 0) is 6.42 Å². The second-order valence-corrected chi connectivity index (χ2v) is 3.82. The van der Waals surface area contributed by atoms with E-state index in [9.17, 15) is 0 Å². The van der Waals surface area contributed by atoms with Crippen molar-refractivity contribution >= 4 is 10.9 Å². The zero-order valence-electron chi connectivity index (χ0n) is 9.66. The number of para-hydroxylation sites is 1. The third-order valence-corrected chi connectivity index (χ3v) is 2.65. The van der Waals surface area contributed by atoms with Gasteiger partial charge in [0.2, 0.25) is 0 Å². The van der Waals surface area contributed by atoms with Gasteiger partial charge in [-0.05, 0) is 31.5 Å². The molecule has 16 heavy (non-hydrogen) atoms. The second kappa shape index (κ2) is 4.49. The molecule has 2 rings (SSSR count). The quantitative estimate of drug-likeness (QED) is 0.854. The number of ether oxygens (including phenoxy) is 1. The summed E-state index contributed by atoms with van der Waals surface area (Å²) in [7, 11) is 1.68. The van der Waals surface area contributed by atoms with Crippen LogP contribution in [0.1, 0.15) is 11.3 Å². The molecular weight excluding hydrogens is 200 g/mol. The average molecular weight is 216 g/mol. The highest BCUT2D eigenvalue weighted by atomic mass is 16.5. The Morgan fingerprint density at radius 2 is 2.19 bits per heavy atom. The van der Waals surface area contributed by atoms with E-state index in [1.165, 1.54) is 5.56 Å². The summed E-state index contributed by atoms with van der Waals surface area (Å²) in [5, 5.41) is 1.05. The van der Waals surface area contributed by atoms with Gasteiger partial charge in [-0.25, -0.2) is 0 Å². The van der Waals surface area contributed by atoms with E-state index in [4.69, 9.17) is 10.5 Å². The molecule has 0 saturated heterocycles. The van der Waals surface area contributed by atoms with Crippen molar-refractivity contribution in [1.82, 2.24) is 4.98 Å². The Labute approximate surface area is 95.2 Å². The van der Waals surface area contributed by atoms with Gasteiger partial charge in [0, 0.05) is 17.1 Å². The Morgan fingerprint density at radius 1 is 1.38 bits per heavy atom. The maximum atomic E-state index is 5.60. The highest BCUT2D eigenvalue weighted by Gasteiger charge is 2.07. The number of benzene rings is 1. The Kier molecular flexibility index (Phi) is 3.06. The van der Waals surface area contributed by atoms with Crippen LogP contribution in [0.4, 0.5) is 0 Å². The van der Waals surface area contributed by atoms with Crippen LogP contribution >= 0.6 is 0 Å². The molecule has 0 aliphatic rings. The molecule has 0 saturated carbocycles. The molecule has 0 spiro atoms. The van der Waals surface area contributed by atoms with Crippen molar-refractivity contribution in [1.29, 1.82) is 0 Å². The van der Waals surface area contributed by atoms with Gasteiger partial charge in [0.15, 0.2) is 0 Å². The van der Waals surface area contributed by atoms with Gasteiger partial charge in [0.1, 0.15) is 5.75 Å². The summed E-state index contributed by atoms with van der Waals surface area (Å²) >= 11 is 0. The van der Waals surface area contributed by atoms with Crippen LogP contribution in [0.25, 0.3) is 10.9 Å². The van der Waals surface area contributed by atoms with Gasteiger partial charge in [0.25, 0.3) is 0 Å². The molecule has 2 aromatic rings. The molecule has 0 amide bonds. The minimum Gasteiger partial charge on any atom is -0.496 e. The highest BCUT2D eigenvalue weighted by molar-refractivity contribution is 5.87. The molecule has 0 aliphatic carbocycles. The monoisotopic (exact) mass is 216 g/mol. The summed E-state index contributed by atoms with van der Waals surface area (Å²) < 4.78 is 5.37. The summed E-state index contributed by atoms with van der Waals surface area (Å²) in [6.45, 7) is 2.61. The summed E-state index contributed by atoms with van der Waals surface area (Å²) in [6.07, 6.45) is 0.844. The van der Waals surface area contributed by atoms with Gasteiger partial charge in [0.05, 0.1) is 12.6 Å². The lowest BCUT2D eigenvalue weighted by molar-refractivity contribution is 0.419. The smallest absolute Gasteiger partial charge is 0.130 e. The topological polar surface area (TPSA) is 48.1 Å². The lowest BCUT2D eigenvalue weighted by Crippen LogP contribution is -2.04. The Hall–Kier alpha value is -1.61. The van der Waals surface area contributed by atoms with Crippen LogP contribution in [-0.4, -0.2) is 18.6 Å². The van der Waals surface area contributed by atoms with Gasteiger partial charge in [-0.15, -0.1) is 0 Å². The number of nitrogens with two attached hydrogens (primary N) is 1. The number of hydrogen-bond donors (Lipinski definition) is 1. The van der Waals surface area contributed by atoms with Crippen molar-refractivity contribution in [2.45, 2.75) is 13.3 Å². The first kappa shape index (κ1) is 10.9. The van der Waals surface area contributed by atoms with E-state index in [-0.39, 0.29) is 0 Å². The molecule has 2 N–H and O–H groups in total. The largest absolute Gasteiger partial charge is 0.496 e. The molecule has 0 aliphatic heterocycles. The summed E-state index contributed by atoms with van der Waals surface area (Å²) in [4.78, 5) is 4.57. The summed E-state index contributed by atoms with van der Waals surface area (Å²) in [5.41, 5.74) is 8.75. The minimum atomic E-state index is 0.636. The van der Waals surface area contributed by atoms with Gasteiger partial charge in [-0.3, -0.25) is 4.98 Å². The molecule has 0 atom stereocenters. The highest BCUT2D eigenvalue weighted by Crippen LogP contribution is 2.27. The van der Waals surface area contributed by atoms with Crippen LogP contribution in [0.5, 0.6) is 5.75 Å². The second-order valence-electron chi connectivity index (χ2n) is 3.82. The fraction of sp³-hybridized carbons (Fsp3) is 0.308. The molecule has 0 unspecified atom stereocenters.